The van der Waals surface area contributed by atoms with Gasteiger partial charge in [0.1, 0.15) is 5.75 Å². The van der Waals surface area contributed by atoms with Gasteiger partial charge in [-0.05, 0) is 12.1 Å². The first kappa shape index (κ1) is 13.6. The maximum atomic E-state index is 11.4. The third-order valence-corrected chi connectivity index (χ3v) is 2.08. The minimum atomic E-state index is -0.492. The van der Waals surface area contributed by atoms with Gasteiger partial charge in [0, 0.05) is 18.7 Å². The molecule has 0 bridgehead atoms. The molecule has 0 aliphatic carbocycles. The van der Waals surface area contributed by atoms with Gasteiger partial charge >= 0.3 is 6.03 Å². The number of hydrazine groups is 1. The molecule has 1 rings (SSSR count). The number of nitrogens with one attached hydrogen (secondary N) is 3. The zero-order valence-electron chi connectivity index (χ0n) is 10.2. The van der Waals surface area contributed by atoms with Gasteiger partial charge < -0.3 is 10.1 Å². The molecular weight excluding hydrogens is 234 g/mol. The van der Waals surface area contributed by atoms with E-state index >= 15 is 0 Å². The summed E-state index contributed by atoms with van der Waals surface area (Å²) < 4.78 is 5.13. The molecule has 0 saturated carbocycles. The summed E-state index contributed by atoms with van der Waals surface area (Å²) in [5.74, 6) is 0.227. The van der Waals surface area contributed by atoms with Crippen molar-refractivity contribution in [3.8, 4) is 5.75 Å². The van der Waals surface area contributed by atoms with E-state index in [4.69, 9.17) is 4.74 Å². The topological polar surface area (TPSA) is 79.5 Å². The number of urea groups is 1. The Morgan fingerprint density at radius 1 is 1.22 bits per heavy atom. The Balaban J connectivity index is 2.58. The van der Waals surface area contributed by atoms with Crippen molar-refractivity contribution in [3.05, 3.63) is 35.9 Å². The molecule has 0 spiro atoms. The molecule has 0 aliphatic heterocycles. The lowest BCUT2D eigenvalue weighted by Gasteiger charge is -2.04. The third kappa shape index (κ3) is 4.17. The second kappa shape index (κ2) is 6.95. The molecule has 0 aromatic heterocycles. The van der Waals surface area contributed by atoms with Crippen molar-refractivity contribution in [1.29, 1.82) is 0 Å². The summed E-state index contributed by atoms with van der Waals surface area (Å²) in [4.78, 5) is 22.2. The number of amides is 3. The zero-order valence-corrected chi connectivity index (χ0v) is 10.2. The number of benzene rings is 1. The van der Waals surface area contributed by atoms with Crippen LogP contribution in [-0.4, -0.2) is 26.1 Å². The molecule has 3 amide bonds. The van der Waals surface area contributed by atoms with Gasteiger partial charge in [-0.15, -0.1) is 0 Å². The van der Waals surface area contributed by atoms with Crippen molar-refractivity contribution in [3.63, 3.8) is 0 Å². The van der Waals surface area contributed by atoms with Crippen LogP contribution in [0.3, 0.4) is 0 Å². The van der Waals surface area contributed by atoms with E-state index in [1.54, 1.807) is 19.3 Å². The van der Waals surface area contributed by atoms with Crippen LogP contribution in [0.25, 0.3) is 6.08 Å². The Morgan fingerprint density at radius 3 is 2.61 bits per heavy atom. The van der Waals surface area contributed by atoms with Crippen molar-refractivity contribution in [1.82, 2.24) is 16.2 Å². The minimum Gasteiger partial charge on any atom is -0.496 e. The minimum absolute atomic E-state index is 0.440. The maximum Gasteiger partial charge on any atom is 0.333 e. The second-order valence-electron chi connectivity index (χ2n) is 3.27. The third-order valence-electron chi connectivity index (χ3n) is 2.08. The van der Waals surface area contributed by atoms with Gasteiger partial charge in [-0.3, -0.25) is 10.2 Å². The quantitative estimate of drug-likeness (QED) is 0.544. The van der Waals surface area contributed by atoms with Crippen molar-refractivity contribution >= 4 is 18.0 Å². The Labute approximate surface area is 105 Å². The first-order valence-corrected chi connectivity index (χ1v) is 5.26. The lowest BCUT2D eigenvalue weighted by atomic mass is 10.2. The van der Waals surface area contributed by atoms with E-state index in [9.17, 15) is 9.59 Å². The zero-order chi connectivity index (χ0) is 13.4. The highest BCUT2D eigenvalue weighted by atomic mass is 16.5. The normalized spacial score (nSPS) is 9.89. The summed E-state index contributed by atoms with van der Waals surface area (Å²) in [7, 11) is 3.01. The number of hydrogen-bond donors (Lipinski definition) is 3. The summed E-state index contributed by atoms with van der Waals surface area (Å²) in [5.41, 5.74) is 5.15. The van der Waals surface area contributed by atoms with Crippen LogP contribution in [0.5, 0.6) is 5.75 Å². The number of para-hydroxylation sites is 1. The fourth-order valence-corrected chi connectivity index (χ4v) is 1.19. The molecule has 0 unspecified atom stereocenters. The van der Waals surface area contributed by atoms with Gasteiger partial charge in [-0.2, -0.15) is 0 Å². The van der Waals surface area contributed by atoms with Crippen LogP contribution in [0.1, 0.15) is 5.56 Å². The van der Waals surface area contributed by atoms with Crippen molar-refractivity contribution < 1.29 is 14.3 Å². The first-order valence-electron chi connectivity index (χ1n) is 5.26. The monoisotopic (exact) mass is 249 g/mol. The Kier molecular flexibility index (Phi) is 5.24. The molecule has 0 aliphatic rings. The molecule has 1 aromatic rings. The maximum absolute atomic E-state index is 11.4. The molecule has 1 aromatic carbocycles. The van der Waals surface area contributed by atoms with Crippen molar-refractivity contribution in [2.45, 2.75) is 0 Å². The van der Waals surface area contributed by atoms with E-state index in [1.165, 1.54) is 13.1 Å². The Morgan fingerprint density at radius 2 is 1.94 bits per heavy atom. The van der Waals surface area contributed by atoms with Crippen LogP contribution in [0.2, 0.25) is 0 Å². The molecule has 96 valence electrons. The lowest BCUT2D eigenvalue weighted by Crippen LogP contribution is -2.45. The number of hydrogen-bond acceptors (Lipinski definition) is 3. The van der Waals surface area contributed by atoms with Gasteiger partial charge in [-0.1, -0.05) is 18.2 Å². The average molecular weight is 249 g/mol. The number of ether oxygens (including phenoxy) is 1. The number of carbonyl (C=O) groups excluding carboxylic acids is 2. The second-order valence-corrected chi connectivity index (χ2v) is 3.27. The summed E-state index contributed by atoms with van der Waals surface area (Å²) in [5, 5.41) is 2.30. The highest BCUT2D eigenvalue weighted by Crippen LogP contribution is 2.18. The number of rotatable bonds is 3. The molecule has 0 heterocycles. The van der Waals surface area contributed by atoms with Gasteiger partial charge in [0.15, 0.2) is 0 Å². The van der Waals surface area contributed by atoms with E-state index < -0.39 is 11.9 Å². The first-order chi connectivity index (χ1) is 8.67. The predicted octanol–water partition coefficient (Wildman–Crippen LogP) is 0.669. The van der Waals surface area contributed by atoms with Crippen molar-refractivity contribution in [2.24, 2.45) is 0 Å². The number of carbonyl (C=O) groups is 2. The van der Waals surface area contributed by atoms with Crippen LogP contribution in [0, 0.1) is 0 Å². The molecule has 6 nitrogen and oxygen atoms in total. The van der Waals surface area contributed by atoms with Crippen LogP contribution in [0.4, 0.5) is 4.79 Å². The Bertz CT molecular complexity index is 458. The highest BCUT2D eigenvalue weighted by molar-refractivity contribution is 5.93. The van der Waals surface area contributed by atoms with Gasteiger partial charge in [-0.25, -0.2) is 10.2 Å². The van der Waals surface area contributed by atoms with E-state index in [0.717, 1.165) is 5.56 Å². The molecule has 18 heavy (non-hydrogen) atoms. The fourth-order valence-electron chi connectivity index (χ4n) is 1.19. The molecule has 6 heteroatoms. The van der Waals surface area contributed by atoms with Gasteiger partial charge in [0.2, 0.25) is 0 Å². The standard InChI is InChI=1S/C12H15N3O3/c1-13-12(17)15-14-11(16)8-7-9-5-3-4-6-10(9)18-2/h3-8H,1-2H3,(H,14,16)(H2,13,15,17)/b8-7+. The predicted molar refractivity (Wildman–Crippen MR) is 67.8 cm³/mol. The van der Waals surface area contributed by atoms with Crippen LogP contribution in [0.15, 0.2) is 30.3 Å². The van der Waals surface area contributed by atoms with E-state index in [0.29, 0.717) is 5.75 Å². The van der Waals surface area contributed by atoms with Crippen molar-refractivity contribution in [2.75, 3.05) is 14.2 Å². The molecule has 0 radical (unpaired) electrons. The summed E-state index contributed by atoms with van der Waals surface area (Å²) in [6.45, 7) is 0. The van der Waals surface area contributed by atoms with Gasteiger partial charge in [0.05, 0.1) is 7.11 Å². The largest absolute Gasteiger partial charge is 0.496 e. The van der Waals surface area contributed by atoms with Crippen LogP contribution >= 0.6 is 0 Å². The Hall–Kier alpha value is -2.50. The molecule has 0 saturated heterocycles. The smallest absolute Gasteiger partial charge is 0.333 e. The van der Waals surface area contributed by atoms with E-state index in [-0.39, 0.29) is 0 Å². The van der Waals surface area contributed by atoms with E-state index in [1.807, 2.05) is 18.2 Å². The summed E-state index contributed by atoms with van der Waals surface area (Å²) >= 11 is 0. The molecule has 3 N–H and O–H groups in total. The van der Waals surface area contributed by atoms with E-state index in [2.05, 4.69) is 16.2 Å². The van der Waals surface area contributed by atoms with Crippen LogP contribution in [-0.2, 0) is 4.79 Å². The summed E-state index contributed by atoms with van der Waals surface area (Å²) in [6, 6.07) is 6.79. The lowest BCUT2D eigenvalue weighted by molar-refractivity contribution is -0.117. The average Bonchev–Trinajstić information content (AvgIpc) is 2.42. The highest BCUT2D eigenvalue weighted by Gasteiger charge is 2.00. The molecule has 0 atom stereocenters. The number of methoxy groups -OCH3 is 1. The van der Waals surface area contributed by atoms with Gasteiger partial charge in [0.25, 0.3) is 5.91 Å². The molecular formula is C12H15N3O3. The SMILES string of the molecule is CNC(=O)NNC(=O)/C=C/c1ccccc1OC. The summed E-state index contributed by atoms with van der Waals surface area (Å²) in [6.07, 6.45) is 2.90. The van der Waals surface area contributed by atoms with Crippen LogP contribution < -0.4 is 20.9 Å². The fraction of sp³-hybridized carbons (Fsp3) is 0.167. The molecule has 0 fully saturated rings.